The molecule has 0 aromatic carbocycles. The molecule has 50 valence electrons. The van der Waals surface area contributed by atoms with Gasteiger partial charge in [0.15, 0.2) is 0 Å². The molecule has 0 aliphatic heterocycles. The second-order valence-corrected chi connectivity index (χ2v) is 3.19. The fourth-order valence-corrected chi connectivity index (χ4v) is 1.42. The molecule has 0 N–H and O–H groups in total. The number of hydrogen-bond acceptors (Lipinski definition) is 2. The lowest BCUT2D eigenvalue weighted by Crippen LogP contribution is -2.20. The second-order valence-electron chi connectivity index (χ2n) is 2.61. The highest BCUT2D eigenvalue weighted by atomic mass is 32.1. The van der Waals surface area contributed by atoms with Crippen LogP contribution in [0.15, 0.2) is 0 Å². The molecule has 1 atom stereocenters. The molecule has 1 saturated carbocycles. The van der Waals surface area contributed by atoms with Crippen molar-refractivity contribution >= 4 is 22.9 Å². The molecule has 1 aliphatic carbocycles. The summed E-state index contributed by atoms with van der Waals surface area (Å²) in [6.45, 7) is 1.95. The van der Waals surface area contributed by atoms with Gasteiger partial charge in [-0.3, -0.25) is 4.79 Å². The minimum atomic E-state index is 0.200. The van der Waals surface area contributed by atoms with Crippen molar-refractivity contribution < 1.29 is 4.79 Å². The summed E-state index contributed by atoms with van der Waals surface area (Å²) in [5.74, 6) is 0.579. The molecule has 0 heterocycles. The van der Waals surface area contributed by atoms with Crippen molar-refractivity contribution in [3.05, 3.63) is 0 Å². The van der Waals surface area contributed by atoms with Crippen LogP contribution in [0.25, 0.3) is 0 Å². The Hall–Kier alpha value is -0.240. The Balaban J connectivity index is 2.54. The van der Waals surface area contributed by atoms with Crippen LogP contribution in [-0.4, -0.2) is 10.6 Å². The summed E-state index contributed by atoms with van der Waals surface area (Å²) in [6, 6.07) is 0. The standard InChI is InChI=1S/C7H10OS/c1-5-4-6(9)2-3-7(5)8/h5H,2-4H2,1H3. The molecule has 0 radical (unpaired) electrons. The minimum Gasteiger partial charge on any atom is -0.299 e. The zero-order valence-corrected chi connectivity index (χ0v) is 6.33. The summed E-state index contributed by atoms with van der Waals surface area (Å²) < 4.78 is 0. The van der Waals surface area contributed by atoms with Crippen molar-refractivity contribution in [2.45, 2.75) is 26.2 Å². The van der Waals surface area contributed by atoms with Crippen LogP contribution >= 0.6 is 12.2 Å². The quantitative estimate of drug-likeness (QED) is 0.479. The summed E-state index contributed by atoms with van der Waals surface area (Å²) in [4.78, 5) is 12.0. The van der Waals surface area contributed by atoms with Crippen LogP contribution in [-0.2, 0) is 4.79 Å². The fraction of sp³-hybridized carbons (Fsp3) is 0.714. The molecule has 0 saturated heterocycles. The molecule has 1 unspecified atom stereocenters. The maximum atomic E-state index is 10.9. The van der Waals surface area contributed by atoms with Crippen molar-refractivity contribution in [1.29, 1.82) is 0 Å². The van der Waals surface area contributed by atoms with E-state index >= 15 is 0 Å². The average molecular weight is 142 g/mol. The summed E-state index contributed by atoms with van der Waals surface area (Å²) in [5, 5.41) is 0. The molecular weight excluding hydrogens is 132 g/mol. The normalized spacial score (nSPS) is 28.8. The zero-order chi connectivity index (χ0) is 6.85. The lowest BCUT2D eigenvalue weighted by atomic mass is 9.89. The summed E-state index contributed by atoms with van der Waals surface area (Å²) in [7, 11) is 0. The van der Waals surface area contributed by atoms with E-state index in [1.807, 2.05) is 6.92 Å². The van der Waals surface area contributed by atoms with E-state index in [4.69, 9.17) is 12.2 Å². The SMILES string of the molecule is CC1CC(=S)CCC1=O. The Morgan fingerprint density at radius 2 is 2.22 bits per heavy atom. The van der Waals surface area contributed by atoms with Crippen molar-refractivity contribution in [2.75, 3.05) is 0 Å². The van der Waals surface area contributed by atoms with Gasteiger partial charge >= 0.3 is 0 Å². The Kier molecular flexibility index (Phi) is 1.96. The van der Waals surface area contributed by atoms with Crippen molar-refractivity contribution in [2.24, 2.45) is 5.92 Å². The van der Waals surface area contributed by atoms with E-state index in [1.54, 1.807) is 0 Å². The Labute approximate surface area is 60.4 Å². The van der Waals surface area contributed by atoms with E-state index in [0.29, 0.717) is 12.2 Å². The Morgan fingerprint density at radius 3 is 2.67 bits per heavy atom. The summed E-state index contributed by atoms with van der Waals surface area (Å²) >= 11 is 4.98. The first kappa shape index (κ1) is 6.87. The van der Waals surface area contributed by atoms with E-state index in [1.165, 1.54) is 0 Å². The molecule has 1 aliphatic rings. The molecule has 1 fully saturated rings. The van der Waals surface area contributed by atoms with Crippen molar-refractivity contribution in [3.63, 3.8) is 0 Å². The summed E-state index contributed by atoms with van der Waals surface area (Å²) in [6.07, 6.45) is 2.37. The lowest BCUT2D eigenvalue weighted by Gasteiger charge is -2.16. The predicted molar refractivity (Wildman–Crippen MR) is 40.6 cm³/mol. The van der Waals surface area contributed by atoms with Gasteiger partial charge in [-0.1, -0.05) is 19.1 Å². The van der Waals surface area contributed by atoms with Gasteiger partial charge in [0.2, 0.25) is 0 Å². The summed E-state index contributed by atoms with van der Waals surface area (Å²) in [5.41, 5.74) is 0. The van der Waals surface area contributed by atoms with Crippen LogP contribution in [0.3, 0.4) is 0 Å². The highest BCUT2D eigenvalue weighted by Crippen LogP contribution is 2.17. The van der Waals surface area contributed by atoms with Gasteiger partial charge in [-0.05, 0) is 17.7 Å². The Bertz CT molecular complexity index is 151. The van der Waals surface area contributed by atoms with Crippen LogP contribution in [0.2, 0.25) is 0 Å². The van der Waals surface area contributed by atoms with Crippen molar-refractivity contribution in [3.8, 4) is 0 Å². The monoisotopic (exact) mass is 142 g/mol. The van der Waals surface area contributed by atoms with Gasteiger partial charge in [-0.2, -0.15) is 0 Å². The van der Waals surface area contributed by atoms with E-state index < -0.39 is 0 Å². The van der Waals surface area contributed by atoms with Gasteiger partial charge in [0.1, 0.15) is 5.78 Å². The number of ketones is 1. The molecular formula is C7H10OS. The van der Waals surface area contributed by atoms with Gasteiger partial charge in [0.25, 0.3) is 0 Å². The van der Waals surface area contributed by atoms with E-state index in [0.717, 1.165) is 17.7 Å². The predicted octanol–water partition coefficient (Wildman–Crippen LogP) is 1.75. The van der Waals surface area contributed by atoms with Crippen LogP contribution in [0.5, 0.6) is 0 Å². The molecule has 0 aromatic rings. The van der Waals surface area contributed by atoms with E-state index in [2.05, 4.69) is 0 Å². The third kappa shape index (κ3) is 1.58. The first-order valence-electron chi connectivity index (χ1n) is 3.24. The maximum absolute atomic E-state index is 10.9. The van der Waals surface area contributed by atoms with E-state index in [-0.39, 0.29) is 5.92 Å². The number of hydrogen-bond donors (Lipinski definition) is 0. The molecule has 0 aromatic heterocycles. The fourth-order valence-electron chi connectivity index (χ4n) is 1.07. The third-order valence-electron chi connectivity index (χ3n) is 1.73. The molecule has 1 nitrogen and oxygen atoms in total. The van der Waals surface area contributed by atoms with Gasteiger partial charge in [-0.15, -0.1) is 0 Å². The van der Waals surface area contributed by atoms with Crippen LogP contribution in [0.4, 0.5) is 0 Å². The third-order valence-corrected chi connectivity index (χ3v) is 2.10. The Morgan fingerprint density at radius 1 is 1.56 bits per heavy atom. The lowest BCUT2D eigenvalue weighted by molar-refractivity contribution is -0.122. The average Bonchev–Trinajstić information content (AvgIpc) is 1.80. The molecule has 0 bridgehead atoms. The molecule has 2 heteroatoms. The number of rotatable bonds is 0. The molecule has 1 rings (SSSR count). The topological polar surface area (TPSA) is 17.1 Å². The smallest absolute Gasteiger partial charge is 0.136 e. The first-order chi connectivity index (χ1) is 4.20. The number of carbonyl (C=O) groups is 1. The molecule has 9 heavy (non-hydrogen) atoms. The number of thiocarbonyl (C=S) groups is 1. The molecule has 0 spiro atoms. The van der Waals surface area contributed by atoms with Crippen LogP contribution in [0, 0.1) is 5.92 Å². The van der Waals surface area contributed by atoms with Crippen LogP contribution in [0.1, 0.15) is 26.2 Å². The van der Waals surface area contributed by atoms with E-state index in [9.17, 15) is 4.79 Å². The first-order valence-corrected chi connectivity index (χ1v) is 3.65. The maximum Gasteiger partial charge on any atom is 0.136 e. The highest BCUT2D eigenvalue weighted by molar-refractivity contribution is 7.80. The number of carbonyl (C=O) groups excluding carboxylic acids is 1. The largest absolute Gasteiger partial charge is 0.299 e. The van der Waals surface area contributed by atoms with Crippen LogP contribution < -0.4 is 0 Å². The van der Waals surface area contributed by atoms with Gasteiger partial charge in [-0.25, -0.2) is 0 Å². The minimum absolute atomic E-state index is 0.200. The van der Waals surface area contributed by atoms with Gasteiger partial charge in [0.05, 0.1) is 0 Å². The van der Waals surface area contributed by atoms with Crippen molar-refractivity contribution in [1.82, 2.24) is 0 Å². The number of Topliss-reactive ketones (excluding diaryl/α,β-unsaturated/α-hetero) is 1. The highest BCUT2D eigenvalue weighted by Gasteiger charge is 2.19. The zero-order valence-electron chi connectivity index (χ0n) is 5.52. The van der Waals surface area contributed by atoms with Gasteiger partial charge in [0, 0.05) is 12.3 Å². The van der Waals surface area contributed by atoms with Gasteiger partial charge < -0.3 is 0 Å². The second kappa shape index (κ2) is 2.56. The molecule has 0 amide bonds.